The van der Waals surface area contributed by atoms with Crippen molar-refractivity contribution in [3.63, 3.8) is 0 Å². The fourth-order valence-corrected chi connectivity index (χ4v) is 5.01. The van der Waals surface area contributed by atoms with Gasteiger partial charge in [0.25, 0.3) is 0 Å². The first kappa shape index (κ1) is 24.2. The highest BCUT2D eigenvalue weighted by atomic mass is 79.9. The van der Waals surface area contributed by atoms with Crippen LogP contribution in [0, 0.1) is 0 Å². The molecule has 0 bridgehead atoms. The summed E-state index contributed by atoms with van der Waals surface area (Å²) >= 11 is 5.11. The van der Waals surface area contributed by atoms with E-state index in [1.54, 1.807) is 0 Å². The first-order valence-electron chi connectivity index (χ1n) is 11.1. The number of benzene rings is 3. The number of aliphatic hydroxyl groups is 1. The van der Waals surface area contributed by atoms with Crippen molar-refractivity contribution in [2.75, 3.05) is 25.1 Å². The average molecular weight is 568 g/mol. The molecule has 0 amide bonds. The van der Waals surface area contributed by atoms with Crippen LogP contribution in [-0.2, 0) is 4.79 Å². The summed E-state index contributed by atoms with van der Waals surface area (Å²) in [5.41, 5.74) is 1.92. The van der Waals surface area contributed by atoms with Crippen LogP contribution < -0.4 is 14.8 Å². The molecule has 2 heterocycles. The van der Waals surface area contributed by atoms with Gasteiger partial charge in [-0.2, -0.15) is 4.37 Å². The van der Waals surface area contributed by atoms with E-state index in [1.165, 1.54) is 24.7 Å². The molecular weight excluding hydrogens is 546 g/mol. The summed E-state index contributed by atoms with van der Waals surface area (Å²) in [5, 5.41) is 23.1. The molecule has 0 saturated heterocycles. The Bertz CT molecular complexity index is 1490. The van der Waals surface area contributed by atoms with Gasteiger partial charge in [-0.05, 0) is 81.4 Å². The lowest BCUT2D eigenvalue weighted by molar-refractivity contribution is -0.143. The standard InChI is InChI=1S/C26H22BrN3O5S/c1-26(14-31,25(32)33)28-13-15-5-8-22-18(11-15)24(30-36-22)29-19-4-2-3-17(23(19)27)16-6-7-20-21(12-16)35-10-9-34-20/h2-8,11-13,31H,9-10,14H2,1H3,(H,29,30)(H,32,33). The number of aliphatic hydroxyl groups excluding tert-OH is 1. The number of aliphatic carboxylic acids is 1. The van der Waals surface area contributed by atoms with Gasteiger partial charge in [0.05, 0.1) is 17.0 Å². The summed E-state index contributed by atoms with van der Waals surface area (Å²) in [4.78, 5) is 15.5. The van der Waals surface area contributed by atoms with Gasteiger partial charge in [0.2, 0.25) is 0 Å². The Labute approximate surface area is 219 Å². The first-order chi connectivity index (χ1) is 17.4. The van der Waals surface area contributed by atoms with E-state index in [4.69, 9.17) is 9.47 Å². The van der Waals surface area contributed by atoms with Crippen LogP contribution in [0.1, 0.15) is 12.5 Å². The monoisotopic (exact) mass is 567 g/mol. The molecule has 0 fully saturated rings. The van der Waals surface area contributed by atoms with E-state index >= 15 is 0 Å². The maximum absolute atomic E-state index is 11.4. The van der Waals surface area contributed by atoms with Gasteiger partial charge < -0.3 is 25.0 Å². The van der Waals surface area contributed by atoms with Crippen molar-refractivity contribution in [3.8, 4) is 22.6 Å². The number of hydrogen-bond acceptors (Lipinski definition) is 8. The SMILES string of the molecule is CC(CO)(N=Cc1ccc2snc(Nc3cccc(-c4ccc5c(c4)OCCO5)c3Br)c2c1)C(=O)O. The fraction of sp³-hybridized carbons (Fsp3) is 0.192. The highest BCUT2D eigenvalue weighted by Gasteiger charge is 2.31. The number of anilines is 2. The molecule has 0 radical (unpaired) electrons. The summed E-state index contributed by atoms with van der Waals surface area (Å²) in [7, 11) is 0. The number of hydrogen-bond donors (Lipinski definition) is 3. The van der Waals surface area contributed by atoms with E-state index in [1.807, 2.05) is 54.6 Å². The Morgan fingerprint density at radius 3 is 2.78 bits per heavy atom. The number of aromatic nitrogens is 1. The van der Waals surface area contributed by atoms with Gasteiger partial charge in [0.1, 0.15) is 13.2 Å². The summed E-state index contributed by atoms with van der Waals surface area (Å²) in [5.74, 6) is 0.952. The number of nitrogens with one attached hydrogen (secondary N) is 1. The van der Waals surface area contributed by atoms with Crippen LogP contribution in [-0.4, -0.2) is 52.1 Å². The highest BCUT2D eigenvalue weighted by Crippen LogP contribution is 2.40. The molecule has 184 valence electrons. The number of nitrogens with zero attached hydrogens (tertiary/aromatic N) is 2. The van der Waals surface area contributed by atoms with Gasteiger partial charge in [-0.1, -0.05) is 24.3 Å². The number of carbonyl (C=O) groups is 1. The molecule has 3 aromatic carbocycles. The Kier molecular flexibility index (Phi) is 6.65. The molecule has 1 aliphatic heterocycles. The number of fused-ring (bicyclic) bond motifs is 2. The molecule has 5 rings (SSSR count). The molecule has 3 N–H and O–H groups in total. The predicted octanol–water partition coefficient (Wildman–Crippen LogP) is 5.50. The number of ether oxygens (including phenoxy) is 2. The van der Waals surface area contributed by atoms with Gasteiger partial charge in [0, 0.05) is 16.1 Å². The van der Waals surface area contributed by atoms with Crippen molar-refractivity contribution in [1.82, 2.24) is 4.37 Å². The second kappa shape index (κ2) is 9.88. The van der Waals surface area contributed by atoms with Gasteiger partial charge in [-0.25, -0.2) is 4.79 Å². The maximum Gasteiger partial charge on any atom is 0.333 e. The zero-order valence-electron chi connectivity index (χ0n) is 19.2. The largest absolute Gasteiger partial charge is 0.486 e. The van der Waals surface area contributed by atoms with E-state index in [0.717, 1.165) is 42.9 Å². The van der Waals surface area contributed by atoms with Crippen molar-refractivity contribution < 1.29 is 24.5 Å². The van der Waals surface area contributed by atoms with Crippen molar-refractivity contribution in [2.45, 2.75) is 12.5 Å². The molecule has 10 heteroatoms. The number of aliphatic imine (C=N–C) groups is 1. The number of halogens is 1. The highest BCUT2D eigenvalue weighted by molar-refractivity contribution is 9.10. The summed E-state index contributed by atoms with van der Waals surface area (Å²) < 4.78 is 17.8. The third-order valence-corrected chi connectivity index (χ3v) is 7.55. The molecule has 0 spiro atoms. The van der Waals surface area contributed by atoms with Crippen molar-refractivity contribution in [1.29, 1.82) is 0 Å². The molecule has 1 atom stereocenters. The molecule has 1 aromatic heterocycles. The van der Waals surface area contributed by atoms with Crippen LogP contribution >= 0.6 is 27.5 Å². The minimum absolute atomic E-state index is 0.526. The smallest absolute Gasteiger partial charge is 0.333 e. The lowest BCUT2D eigenvalue weighted by Gasteiger charge is -2.19. The molecule has 0 aliphatic carbocycles. The van der Waals surface area contributed by atoms with Gasteiger partial charge in [-0.3, -0.25) is 4.99 Å². The third-order valence-electron chi connectivity index (χ3n) is 5.87. The van der Waals surface area contributed by atoms with Crippen molar-refractivity contribution >= 4 is 61.2 Å². The molecule has 8 nitrogen and oxygen atoms in total. The van der Waals surface area contributed by atoms with Crippen LogP contribution in [0.5, 0.6) is 11.5 Å². The minimum Gasteiger partial charge on any atom is -0.486 e. The number of rotatable bonds is 7. The Balaban J connectivity index is 1.45. The Morgan fingerprint density at radius 2 is 2.00 bits per heavy atom. The second-order valence-corrected chi connectivity index (χ2v) is 10.0. The number of carboxylic acids is 1. The van der Waals surface area contributed by atoms with Crippen LogP contribution in [0.3, 0.4) is 0 Å². The zero-order valence-corrected chi connectivity index (χ0v) is 21.6. The van der Waals surface area contributed by atoms with E-state index in [-0.39, 0.29) is 0 Å². The quantitative estimate of drug-likeness (QED) is 0.253. The van der Waals surface area contributed by atoms with E-state index in [0.29, 0.717) is 24.6 Å². The lowest BCUT2D eigenvalue weighted by Crippen LogP contribution is -2.37. The van der Waals surface area contributed by atoms with Crippen molar-refractivity contribution in [2.24, 2.45) is 4.99 Å². The fourth-order valence-electron chi connectivity index (χ4n) is 3.70. The lowest BCUT2D eigenvalue weighted by atomic mass is 10.0. The Hall–Kier alpha value is -3.47. The van der Waals surface area contributed by atoms with Gasteiger partial charge >= 0.3 is 5.97 Å². The van der Waals surface area contributed by atoms with Crippen molar-refractivity contribution in [3.05, 3.63) is 64.6 Å². The molecule has 36 heavy (non-hydrogen) atoms. The molecular formula is C26H22BrN3O5S. The molecule has 4 aromatic rings. The normalized spacial score (nSPS) is 14.6. The molecule has 1 unspecified atom stereocenters. The summed E-state index contributed by atoms with van der Waals surface area (Å²) in [6.45, 7) is 1.85. The first-order valence-corrected chi connectivity index (χ1v) is 12.7. The third kappa shape index (κ3) is 4.67. The minimum atomic E-state index is -1.60. The van der Waals surface area contributed by atoms with E-state index in [2.05, 4.69) is 30.6 Å². The predicted molar refractivity (Wildman–Crippen MR) is 144 cm³/mol. The van der Waals surface area contributed by atoms with Crippen LogP contribution in [0.2, 0.25) is 0 Å². The van der Waals surface area contributed by atoms with Crippen LogP contribution in [0.15, 0.2) is 64.1 Å². The number of carboxylic acid groups (broad SMARTS) is 1. The zero-order chi connectivity index (χ0) is 25.3. The van der Waals surface area contributed by atoms with E-state index in [9.17, 15) is 15.0 Å². The second-order valence-electron chi connectivity index (χ2n) is 8.43. The topological polar surface area (TPSA) is 113 Å². The van der Waals surface area contributed by atoms with Crippen LogP contribution in [0.4, 0.5) is 11.5 Å². The van der Waals surface area contributed by atoms with Gasteiger partial charge in [-0.15, -0.1) is 0 Å². The van der Waals surface area contributed by atoms with E-state index < -0.39 is 18.1 Å². The average Bonchev–Trinajstić information content (AvgIpc) is 3.30. The van der Waals surface area contributed by atoms with Gasteiger partial charge in [0.15, 0.2) is 22.9 Å². The summed E-state index contributed by atoms with van der Waals surface area (Å²) in [6, 6.07) is 17.5. The molecule has 1 aliphatic rings. The summed E-state index contributed by atoms with van der Waals surface area (Å²) in [6.07, 6.45) is 1.46. The maximum atomic E-state index is 11.4. The van der Waals surface area contributed by atoms with Crippen LogP contribution in [0.25, 0.3) is 21.2 Å². The Morgan fingerprint density at radius 1 is 1.19 bits per heavy atom. The molecule has 0 saturated carbocycles.